The van der Waals surface area contributed by atoms with E-state index in [-0.39, 0.29) is 35.6 Å². The van der Waals surface area contributed by atoms with Gasteiger partial charge in [0.25, 0.3) is 11.8 Å². The Labute approximate surface area is 219 Å². The smallest absolute Gasteiger partial charge is 0.295 e. The van der Waals surface area contributed by atoms with Crippen LogP contribution in [0.4, 0.5) is 0 Å². The molecule has 1 unspecified atom stereocenters. The van der Waals surface area contributed by atoms with Crippen LogP contribution in [0.25, 0.3) is 0 Å². The van der Waals surface area contributed by atoms with Crippen LogP contribution in [0, 0.1) is 0 Å². The minimum absolute atomic E-state index is 0.0251. The van der Waals surface area contributed by atoms with Gasteiger partial charge in [0.05, 0.1) is 15.6 Å². The number of carbonyl (C=O) groups excluding carboxylic acids is 2. The highest BCUT2D eigenvalue weighted by molar-refractivity contribution is 6.42. The van der Waals surface area contributed by atoms with Crippen LogP contribution in [0.1, 0.15) is 44.8 Å². The molecule has 1 aliphatic heterocycles. The average molecular weight is 531 g/mol. The lowest BCUT2D eigenvalue weighted by Gasteiger charge is -2.33. The molecule has 2 heterocycles. The molecule has 2 aromatic carbocycles. The fourth-order valence-corrected chi connectivity index (χ4v) is 4.76. The SMILES string of the molecule is Cn1cc(C(=O)NC2CCCN(Cc3ccccc3)C2)c(OCc2ccc(Cl)c(Cl)c2)c1C(=O)NO. The molecule has 0 bridgehead atoms. The molecule has 190 valence electrons. The van der Waals surface area contributed by atoms with Crippen molar-refractivity contribution in [1.82, 2.24) is 20.3 Å². The number of benzene rings is 2. The maximum atomic E-state index is 13.3. The summed E-state index contributed by atoms with van der Waals surface area (Å²) in [5, 5.41) is 13.1. The minimum Gasteiger partial charge on any atom is -0.486 e. The molecule has 0 spiro atoms. The van der Waals surface area contributed by atoms with E-state index in [1.807, 2.05) is 18.2 Å². The van der Waals surface area contributed by atoms with Crippen molar-refractivity contribution in [2.24, 2.45) is 7.05 Å². The van der Waals surface area contributed by atoms with Crippen molar-refractivity contribution in [2.75, 3.05) is 13.1 Å². The molecule has 4 rings (SSSR count). The van der Waals surface area contributed by atoms with Gasteiger partial charge in [0.15, 0.2) is 11.4 Å². The average Bonchev–Trinajstić information content (AvgIpc) is 3.21. The number of piperidine rings is 1. The molecule has 10 heteroatoms. The summed E-state index contributed by atoms with van der Waals surface area (Å²) in [6.45, 7) is 2.54. The van der Waals surface area contributed by atoms with Crippen LogP contribution in [0.5, 0.6) is 5.75 Å². The Morgan fingerprint density at radius 3 is 2.58 bits per heavy atom. The molecule has 0 radical (unpaired) electrons. The molecule has 0 saturated carbocycles. The first-order valence-corrected chi connectivity index (χ1v) is 12.4. The number of aromatic nitrogens is 1. The lowest BCUT2D eigenvalue weighted by molar-refractivity contribution is 0.0692. The molecule has 2 amide bonds. The van der Waals surface area contributed by atoms with Crippen LogP contribution in [-0.2, 0) is 20.2 Å². The minimum atomic E-state index is -0.785. The summed E-state index contributed by atoms with van der Waals surface area (Å²) >= 11 is 12.1. The van der Waals surface area contributed by atoms with E-state index in [0.29, 0.717) is 15.6 Å². The standard InChI is InChI=1S/C26H28Cl2N4O4/c1-31-15-20(24(23(31)26(34)30-35)36-16-18-9-10-21(27)22(28)12-18)25(33)29-19-8-5-11-32(14-19)13-17-6-3-2-4-7-17/h2-4,6-7,9-10,12,15,19,35H,5,8,11,13-14,16H2,1H3,(H,29,33)(H,30,34). The first kappa shape index (κ1) is 26.0. The number of nitrogens with one attached hydrogen (secondary N) is 2. The van der Waals surface area contributed by atoms with Gasteiger partial charge in [-0.1, -0.05) is 59.6 Å². The maximum absolute atomic E-state index is 13.3. The summed E-state index contributed by atoms with van der Waals surface area (Å²) in [5.74, 6) is -1.06. The number of amides is 2. The van der Waals surface area contributed by atoms with Crippen LogP contribution in [0.3, 0.4) is 0 Å². The lowest BCUT2D eigenvalue weighted by atomic mass is 10.0. The Morgan fingerprint density at radius 1 is 1.08 bits per heavy atom. The van der Waals surface area contributed by atoms with Gasteiger partial charge in [-0.15, -0.1) is 0 Å². The summed E-state index contributed by atoms with van der Waals surface area (Å²) in [6, 6.07) is 15.2. The van der Waals surface area contributed by atoms with Gasteiger partial charge in [0, 0.05) is 32.4 Å². The first-order chi connectivity index (χ1) is 17.4. The molecule has 3 aromatic rings. The van der Waals surface area contributed by atoms with Crippen LogP contribution < -0.4 is 15.5 Å². The van der Waals surface area contributed by atoms with Crippen LogP contribution in [0.2, 0.25) is 10.0 Å². The van der Waals surface area contributed by atoms with Gasteiger partial charge in [-0.3, -0.25) is 19.7 Å². The predicted molar refractivity (Wildman–Crippen MR) is 138 cm³/mol. The Morgan fingerprint density at radius 2 is 1.86 bits per heavy atom. The molecule has 3 N–H and O–H groups in total. The highest BCUT2D eigenvalue weighted by Gasteiger charge is 2.28. The number of hydrogen-bond donors (Lipinski definition) is 3. The van der Waals surface area contributed by atoms with E-state index in [1.165, 1.54) is 16.3 Å². The zero-order chi connectivity index (χ0) is 25.7. The number of ether oxygens (including phenoxy) is 1. The quantitative estimate of drug-likeness (QED) is 0.296. The molecule has 1 aromatic heterocycles. The second kappa shape index (κ2) is 11.8. The van der Waals surface area contributed by atoms with Gasteiger partial charge >= 0.3 is 0 Å². The largest absolute Gasteiger partial charge is 0.486 e. The molecule has 1 atom stereocenters. The molecular formula is C26H28Cl2N4O4. The zero-order valence-electron chi connectivity index (χ0n) is 19.8. The van der Waals surface area contributed by atoms with E-state index in [2.05, 4.69) is 22.3 Å². The van der Waals surface area contributed by atoms with E-state index in [0.717, 1.165) is 32.5 Å². The van der Waals surface area contributed by atoms with E-state index in [1.54, 1.807) is 30.7 Å². The topological polar surface area (TPSA) is 95.8 Å². The van der Waals surface area contributed by atoms with Crippen LogP contribution in [-0.4, -0.2) is 45.6 Å². The molecule has 1 aliphatic rings. The van der Waals surface area contributed by atoms with E-state index >= 15 is 0 Å². The second-order valence-electron chi connectivity index (χ2n) is 8.84. The number of halogens is 2. The molecule has 36 heavy (non-hydrogen) atoms. The highest BCUT2D eigenvalue weighted by atomic mass is 35.5. The fourth-order valence-electron chi connectivity index (χ4n) is 4.44. The van der Waals surface area contributed by atoms with Gasteiger partial charge in [-0.2, -0.15) is 0 Å². The van der Waals surface area contributed by atoms with Gasteiger partial charge in [-0.25, -0.2) is 5.48 Å². The summed E-state index contributed by atoms with van der Waals surface area (Å²) in [6.07, 6.45) is 3.34. The van der Waals surface area contributed by atoms with Gasteiger partial charge in [0.1, 0.15) is 6.61 Å². The Bertz CT molecular complexity index is 1230. The first-order valence-electron chi connectivity index (χ1n) is 11.6. The van der Waals surface area contributed by atoms with E-state index in [4.69, 9.17) is 27.9 Å². The fraction of sp³-hybridized carbons (Fsp3) is 0.308. The third kappa shape index (κ3) is 6.20. The van der Waals surface area contributed by atoms with Gasteiger partial charge in [0.2, 0.25) is 0 Å². The third-order valence-corrected chi connectivity index (χ3v) is 6.89. The molecule has 1 fully saturated rings. The van der Waals surface area contributed by atoms with Crippen molar-refractivity contribution in [3.8, 4) is 5.75 Å². The Hall–Kier alpha value is -3.04. The normalized spacial score (nSPS) is 15.9. The molecule has 8 nitrogen and oxygen atoms in total. The second-order valence-corrected chi connectivity index (χ2v) is 9.66. The third-order valence-electron chi connectivity index (χ3n) is 6.15. The summed E-state index contributed by atoms with van der Waals surface area (Å²) in [4.78, 5) is 28.0. The van der Waals surface area contributed by atoms with Crippen LogP contribution >= 0.6 is 23.2 Å². The zero-order valence-corrected chi connectivity index (χ0v) is 21.4. The summed E-state index contributed by atoms with van der Waals surface area (Å²) in [7, 11) is 1.61. The van der Waals surface area contributed by atoms with Crippen molar-refractivity contribution in [1.29, 1.82) is 0 Å². The molecule has 1 saturated heterocycles. The monoisotopic (exact) mass is 530 g/mol. The number of carbonyl (C=O) groups is 2. The van der Waals surface area contributed by atoms with E-state index < -0.39 is 5.91 Å². The van der Waals surface area contributed by atoms with Crippen molar-refractivity contribution in [2.45, 2.75) is 32.0 Å². The van der Waals surface area contributed by atoms with Crippen molar-refractivity contribution >= 4 is 35.0 Å². The van der Waals surface area contributed by atoms with Crippen molar-refractivity contribution in [3.05, 3.63) is 87.2 Å². The Balaban J connectivity index is 1.50. The highest BCUT2D eigenvalue weighted by Crippen LogP contribution is 2.29. The van der Waals surface area contributed by atoms with Gasteiger partial charge in [-0.05, 0) is 42.6 Å². The van der Waals surface area contributed by atoms with Crippen LogP contribution in [0.15, 0.2) is 54.7 Å². The number of rotatable bonds is 8. The maximum Gasteiger partial charge on any atom is 0.295 e. The number of likely N-dealkylation sites (tertiary alicyclic amines) is 1. The summed E-state index contributed by atoms with van der Waals surface area (Å²) in [5.41, 5.74) is 3.79. The number of nitrogens with zero attached hydrogens (tertiary/aromatic N) is 2. The van der Waals surface area contributed by atoms with Gasteiger partial charge < -0.3 is 14.6 Å². The Kier molecular flexibility index (Phi) is 8.53. The summed E-state index contributed by atoms with van der Waals surface area (Å²) < 4.78 is 7.39. The number of aryl methyl sites for hydroxylation is 1. The number of hydroxylamine groups is 1. The number of hydrogen-bond acceptors (Lipinski definition) is 5. The van der Waals surface area contributed by atoms with E-state index in [9.17, 15) is 14.8 Å². The molecule has 0 aliphatic carbocycles. The van der Waals surface area contributed by atoms with Crippen molar-refractivity contribution < 1.29 is 19.5 Å². The lowest BCUT2D eigenvalue weighted by Crippen LogP contribution is -2.47. The van der Waals surface area contributed by atoms with Crippen molar-refractivity contribution in [3.63, 3.8) is 0 Å². The molecular weight excluding hydrogens is 503 g/mol. The predicted octanol–water partition coefficient (Wildman–Crippen LogP) is 4.42.